The smallest absolute Gasteiger partial charge is 0.243 e. The topological polar surface area (TPSA) is 54.6 Å². The van der Waals surface area contributed by atoms with Crippen molar-refractivity contribution >= 4 is 18.2 Å². The molecule has 25 heavy (non-hydrogen) atoms. The molecular formula is C21H24N2O2. The highest BCUT2D eigenvalue weighted by molar-refractivity contribution is 5.84. The van der Waals surface area contributed by atoms with Gasteiger partial charge in [0, 0.05) is 12.1 Å². The van der Waals surface area contributed by atoms with Crippen LogP contribution < -0.4 is 5.43 Å². The number of nitrogens with one attached hydrogen (secondary N) is 1. The number of rotatable bonds is 5. The van der Waals surface area contributed by atoms with E-state index >= 15 is 0 Å². The molecule has 1 N–H and O–H groups in total. The summed E-state index contributed by atoms with van der Waals surface area (Å²) in [7, 11) is 0. The molecule has 4 heteroatoms. The summed E-state index contributed by atoms with van der Waals surface area (Å²) in [6.45, 7) is 6.61. The first-order chi connectivity index (χ1) is 11.9. The quantitative estimate of drug-likeness (QED) is 0.646. The van der Waals surface area contributed by atoms with Crippen LogP contribution in [0.5, 0.6) is 0 Å². The molecule has 1 fully saturated rings. The van der Waals surface area contributed by atoms with E-state index < -0.39 is 0 Å². The Labute approximate surface area is 148 Å². The van der Waals surface area contributed by atoms with Gasteiger partial charge in [-0.25, -0.2) is 5.43 Å². The molecule has 2 aromatic rings. The number of furan rings is 1. The van der Waals surface area contributed by atoms with E-state index in [-0.39, 0.29) is 17.2 Å². The van der Waals surface area contributed by atoms with Gasteiger partial charge in [0.1, 0.15) is 5.76 Å². The summed E-state index contributed by atoms with van der Waals surface area (Å²) in [6.07, 6.45) is 7.56. The van der Waals surface area contributed by atoms with E-state index in [1.54, 1.807) is 24.6 Å². The van der Waals surface area contributed by atoms with E-state index in [0.717, 1.165) is 12.2 Å². The predicted octanol–water partition coefficient (Wildman–Crippen LogP) is 4.50. The molecular weight excluding hydrogens is 312 g/mol. The SMILES string of the molecule is CC(C)(C)c1ccc([C@@H]2C[C@@H]2C(=O)NN=C/C=C/c2ccco2)cc1. The number of amides is 1. The molecule has 130 valence electrons. The van der Waals surface area contributed by atoms with E-state index in [2.05, 4.69) is 55.6 Å². The van der Waals surface area contributed by atoms with Gasteiger partial charge in [-0.15, -0.1) is 0 Å². The number of benzene rings is 1. The lowest BCUT2D eigenvalue weighted by Gasteiger charge is -2.19. The fourth-order valence-corrected chi connectivity index (χ4v) is 2.83. The maximum Gasteiger partial charge on any atom is 0.243 e. The second-order valence-electron chi connectivity index (χ2n) is 7.45. The molecule has 1 amide bonds. The second kappa shape index (κ2) is 7.09. The van der Waals surface area contributed by atoms with Crippen molar-refractivity contribution in [1.29, 1.82) is 0 Å². The van der Waals surface area contributed by atoms with Crippen molar-refractivity contribution in [2.75, 3.05) is 0 Å². The Balaban J connectivity index is 1.48. The van der Waals surface area contributed by atoms with Gasteiger partial charge in [-0.05, 0) is 53.2 Å². The van der Waals surface area contributed by atoms with Crippen LogP contribution in [-0.4, -0.2) is 12.1 Å². The first kappa shape index (κ1) is 17.2. The van der Waals surface area contributed by atoms with E-state index in [4.69, 9.17) is 4.42 Å². The van der Waals surface area contributed by atoms with E-state index in [1.807, 2.05) is 12.1 Å². The standard InChI is InChI=1S/C21H24N2O2/c1-21(2,3)16-10-8-15(9-11-16)18-14-19(18)20(24)23-22-12-4-6-17-7-5-13-25-17/h4-13,18-19H,14H2,1-3H3,(H,23,24)/b6-4+,22-12?/t18-,19-/m0/s1. The number of nitrogens with zero attached hydrogens (tertiary/aromatic N) is 1. The first-order valence-electron chi connectivity index (χ1n) is 8.58. The number of allylic oxidation sites excluding steroid dienone is 1. The summed E-state index contributed by atoms with van der Waals surface area (Å²) in [4.78, 5) is 12.1. The summed E-state index contributed by atoms with van der Waals surface area (Å²) in [5.41, 5.74) is 5.30. The Hall–Kier alpha value is -2.62. The number of hydrogen-bond donors (Lipinski definition) is 1. The van der Waals surface area contributed by atoms with Gasteiger partial charge in [0.2, 0.25) is 5.91 Å². The molecule has 0 bridgehead atoms. The maximum absolute atomic E-state index is 12.1. The zero-order chi connectivity index (χ0) is 17.9. The molecule has 0 unspecified atom stereocenters. The van der Waals surface area contributed by atoms with Gasteiger partial charge in [0.25, 0.3) is 0 Å². The summed E-state index contributed by atoms with van der Waals surface area (Å²) >= 11 is 0. The van der Waals surface area contributed by atoms with Gasteiger partial charge in [0.15, 0.2) is 0 Å². The molecule has 0 spiro atoms. The highest BCUT2D eigenvalue weighted by Gasteiger charge is 2.43. The third-order valence-electron chi connectivity index (χ3n) is 4.47. The van der Waals surface area contributed by atoms with Crippen LogP contribution in [0.25, 0.3) is 6.08 Å². The molecule has 1 aliphatic rings. The summed E-state index contributed by atoms with van der Waals surface area (Å²) in [5.74, 6) is 1.06. The normalized spacial score (nSPS) is 20.3. The molecule has 3 rings (SSSR count). The van der Waals surface area contributed by atoms with Gasteiger partial charge in [-0.3, -0.25) is 4.79 Å². The molecule has 1 heterocycles. The van der Waals surface area contributed by atoms with E-state index in [9.17, 15) is 4.79 Å². The molecule has 1 saturated carbocycles. The van der Waals surface area contributed by atoms with Gasteiger partial charge < -0.3 is 4.42 Å². The molecule has 0 radical (unpaired) electrons. The minimum absolute atomic E-state index is 0.0201. The lowest BCUT2D eigenvalue weighted by atomic mass is 9.86. The summed E-state index contributed by atoms with van der Waals surface area (Å²) in [6, 6.07) is 12.3. The molecule has 0 saturated heterocycles. The monoisotopic (exact) mass is 336 g/mol. The molecule has 2 atom stereocenters. The number of carbonyl (C=O) groups excluding carboxylic acids is 1. The summed E-state index contributed by atoms with van der Waals surface area (Å²) < 4.78 is 5.17. The number of carbonyl (C=O) groups is 1. The lowest BCUT2D eigenvalue weighted by molar-refractivity contribution is -0.122. The Morgan fingerprint density at radius 1 is 1.24 bits per heavy atom. The maximum atomic E-state index is 12.1. The Kier molecular flexibility index (Phi) is 4.88. The van der Waals surface area contributed by atoms with Crippen LogP contribution in [0.3, 0.4) is 0 Å². The average molecular weight is 336 g/mol. The predicted molar refractivity (Wildman–Crippen MR) is 100 cm³/mol. The fourth-order valence-electron chi connectivity index (χ4n) is 2.83. The highest BCUT2D eigenvalue weighted by atomic mass is 16.3. The number of hydrazone groups is 1. The van der Waals surface area contributed by atoms with E-state index in [0.29, 0.717) is 5.92 Å². The first-order valence-corrected chi connectivity index (χ1v) is 8.58. The van der Waals surface area contributed by atoms with Gasteiger partial charge >= 0.3 is 0 Å². The highest BCUT2D eigenvalue weighted by Crippen LogP contribution is 2.47. The van der Waals surface area contributed by atoms with Crippen LogP contribution in [0.1, 0.15) is 50.0 Å². The van der Waals surface area contributed by atoms with Gasteiger partial charge in [0.05, 0.1) is 6.26 Å². The Morgan fingerprint density at radius 2 is 2.00 bits per heavy atom. The molecule has 0 aliphatic heterocycles. The average Bonchev–Trinajstić information content (AvgIpc) is 3.22. The third kappa shape index (κ3) is 4.47. The van der Waals surface area contributed by atoms with Gasteiger partial charge in [-0.1, -0.05) is 45.0 Å². The number of hydrogen-bond acceptors (Lipinski definition) is 3. The van der Waals surface area contributed by atoms with Crippen LogP contribution in [0.15, 0.2) is 58.3 Å². The minimum atomic E-state index is -0.0208. The van der Waals surface area contributed by atoms with Gasteiger partial charge in [-0.2, -0.15) is 5.10 Å². The van der Waals surface area contributed by atoms with Crippen molar-refractivity contribution in [3.8, 4) is 0 Å². The molecule has 1 aromatic carbocycles. The molecule has 4 nitrogen and oxygen atoms in total. The van der Waals surface area contributed by atoms with Crippen molar-refractivity contribution in [1.82, 2.24) is 5.43 Å². The Bertz CT molecular complexity index is 765. The van der Waals surface area contributed by atoms with Crippen LogP contribution in [-0.2, 0) is 10.2 Å². The zero-order valence-corrected chi connectivity index (χ0v) is 14.9. The van der Waals surface area contributed by atoms with Crippen molar-refractivity contribution < 1.29 is 9.21 Å². The van der Waals surface area contributed by atoms with E-state index in [1.165, 1.54) is 11.1 Å². The van der Waals surface area contributed by atoms with Crippen molar-refractivity contribution in [3.63, 3.8) is 0 Å². The summed E-state index contributed by atoms with van der Waals surface area (Å²) in [5, 5.41) is 3.95. The van der Waals surface area contributed by atoms with Crippen molar-refractivity contribution in [2.24, 2.45) is 11.0 Å². The minimum Gasteiger partial charge on any atom is -0.465 e. The lowest BCUT2D eigenvalue weighted by Crippen LogP contribution is -2.19. The third-order valence-corrected chi connectivity index (χ3v) is 4.47. The largest absolute Gasteiger partial charge is 0.465 e. The molecule has 1 aromatic heterocycles. The molecule has 1 aliphatic carbocycles. The fraction of sp³-hybridized carbons (Fsp3) is 0.333. The van der Waals surface area contributed by atoms with Crippen LogP contribution in [0, 0.1) is 5.92 Å². The van der Waals surface area contributed by atoms with Crippen molar-refractivity contribution in [3.05, 3.63) is 65.6 Å². The van der Waals surface area contributed by atoms with Crippen LogP contribution >= 0.6 is 0 Å². The van der Waals surface area contributed by atoms with Crippen LogP contribution in [0.2, 0.25) is 0 Å². The van der Waals surface area contributed by atoms with Crippen LogP contribution in [0.4, 0.5) is 0 Å². The van der Waals surface area contributed by atoms with Crippen molar-refractivity contribution in [2.45, 2.75) is 38.5 Å². The second-order valence-corrected chi connectivity index (χ2v) is 7.45. The Morgan fingerprint density at radius 3 is 2.64 bits per heavy atom. The zero-order valence-electron chi connectivity index (χ0n) is 14.9.